The molecular weight excluding hydrogens is 384 g/mol. The Hall–Kier alpha value is -2.97. The number of hydrogen-bond acceptors (Lipinski definition) is 6. The van der Waals surface area contributed by atoms with Crippen LogP contribution < -0.4 is 10.9 Å². The number of nitrogens with one attached hydrogen (secondary N) is 2. The fraction of sp³-hybridized carbons (Fsp3) is 0.409. The van der Waals surface area contributed by atoms with Crippen LogP contribution >= 0.6 is 0 Å². The molecular formula is C22H28N4O4. The van der Waals surface area contributed by atoms with Crippen molar-refractivity contribution < 1.29 is 14.6 Å². The summed E-state index contributed by atoms with van der Waals surface area (Å²) in [6, 6.07) is 6.86. The van der Waals surface area contributed by atoms with Gasteiger partial charge in [0.15, 0.2) is 0 Å². The van der Waals surface area contributed by atoms with Gasteiger partial charge in [-0.3, -0.25) is 14.9 Å². The predicted octanol–water partition coefficient (Wildman–Crippen LogP) is 2.03. The molecule has 30 heavy (non-hydrogen) atoms. The van der Waals surface area contributed by atoms with Gasteiger partial charge in [-0.2, -0.15) is 0 Å². The molecule has 0 fully saturated rings. The van der Waals surface area contributed by atoms with Crippen molar-refractivity contribution in [2.24, 2.45) is 7.05 Å². The van der Waals surface area contributed by atoms with Crippen molar-refractivity contribution in [1.29, 1.82) is 0 Å². The summed E-state index contributed by atoms with van der Waals surface area (Å²) >= 11 is 0. The summed E-state index contributed by atoms with van der Waals surface area (Å²) in [4.78, 5) is 31.3. The van der Waals surface area contributed by atoms with Gasteiger partial charge >= 0.3 is 5.97 Å². The van der Waals surface area contributed by atoms with Gasteiger partial charge < -0.3 is 19.4 Å². The standard InChI is InChI=1S/C22H28N4O4/c1-12(2)30-22(29)19(14(4)27)23-10-15-6-7-18-17(9-15)25-20(26(18)5)16-8-13(3)21(28)24-11-16/h6-9,11-12,14,19,23,27H,10H2,1-5H3,(H,24,28)/t14-,19+/m1/s1. The molecule has 8 nitrogen and oxygen atoms in total. The molecule has 0 amide bonds. The Morgan fingerprint density at radius 3 is 2.67 bits per heavy atom. The summed E-state index contributed by atoms with van der Waals surface area (Å²) in [5.74, 6) is 0.270. The third kappa shape index (κ3) is 4.60. The minimum absolute atomic E-state index is 0.116. The van der Waals surface area contributed by atoms with Gasteiger partial charge in [-0.05, 0) is 51.5 Å². The number of pyridine rings is 1. The summed E-state index contributed by atoms with van der Waals surface area (Å²) in [7, 11) is 1.93. The molecule has 3 N–H and O–H groups in total. The molecule has 0 aliphatic carbocycles. The van der Waals surface area contributed by atoms with Crippen molar-refractivity contribution in [3.8, 4) is 11.4 Å². The number of esters is 1. The molecule has 1 aromatic carbocycles. The Labute approximate surface area is 174 Å². The van der Waals surface area contributed by atoms with E-state index in [1.165, 1.54) is 0 Å². The largest absolute Gasteiger partial charge is 0.462 e. The van der Waals surface area contributed by atoms with Gasteiger partial charge in [0, 0.05) is 30.9 Å². The number of nitrogens with zero attached hydrogens (tertiary/aromatic N) is 2. The third-order valence-electron chi connectivity index (χ3n) is 4.91. The lowest BCUT2D eigenvalue weighted by Crippen LogP contribution is -2.46. The fourth-order valence-corrected chi connectivity index (χ4v) is 3.32. The van der Waals surface area contributed by atoms with Crippen LogP contribution in [0.15, 0.2) is 35.3 Å². The van der Waals surface area contributed by atoms with Crippen molar-refractivity contribution in [3.63, 3.8) is 0 Å². The van der Waals surface area contributed by atoms with E-state index in [2.05, 4.69) is 10.3 Å². The molecule has 2 aromatic heterocycles. The van der Waals surface area contributed by atoms with Gasteiger partial charge in [-0.15, -0.1) is 0 Å². The molecule has 0 aliphatic rings. The van der Waals surface area contributed by atoms with Crippen LogP contribution in [0.3, 0.4) is 0 Å². The molecule has 2 atom stereocenters. The fourth-order valence-electron chi connectivity index (χ4n) is 3.32. The number of benzene rings is 1. The highest BCUT2D eigenvalue weighted by molar-refractivity contribution is 5.81. The highest BCUT2D eigenvalue weighted by Crippen LogP contribution is 2.24. The molecule has 0 saturated heterocycles. The zero-order chi connectivity index (χ0) is 22.0. The van der Waals surface area contributed by atoms with E-state index < -0.39 is 18.1 Å². The van der Waals surface area contributed by atoms with Crippen molar-refractivity contribution in [2.75, 3.05) is 0 Å². The zero-order valence-electron chi connectivity index (χ0n) is 17.9. The van der Waals surface area contributed by atoms with E-state index >= 15 is 0 Å². The van der Waals surface area contributed by atoms with E-state index in [1.807, 2.05) is 35.9 Å². The van der Waals surface area contributed by atoms with Crippen LogP contribution in [0.2, 0.25) is 0 Å². The maximum atomic E-state index is 12.2. The van der Waals surface area contributed by atoms with Crippen molar-refractivity contribution >= 4 is 17.0 Å². The molecule has 0 spiro atoms. The van der Waals surface area contributed by atoms with Crippen molar-refractivity contribution in [2.45, 2.75) is 52.5 Å². The second kappa shape index (κ2) is 8.81. The Morgan fingerprint density at radius 1 is 1.30 bits per heavy atom. The van der Waals surface area contributed by atoms with Crippen LogP contribution in [-0.4, -0.2) is 43.9 Å². The zero-order valence-corrected chi connectivity index (χ0v) is 17.9. The number of fused-ring (bicyclic) bond motifs is 1. The SMILES string of the molecule is Cc1cc(-c2nc3cc(CN[C@H](C(=O)OC(C)C)[C@@H](C)O)ccc3n2C)c[nH]c1=O. The maximum Gasteiger partial charge on any atom is 0.326 e. The molecule has 160 valence electrons. The predicted molar refractivity (Wildman–Crippen MR) is 115 cm³/mol. The lowest BCUT2D eigenvalue weighted by atomic mass is 10.1. The highest BCUT2D eigenvalue weighted by atomic mass is 16.5. The van der Waals surface area contributed by atoms with E-state index in [-0.39, 0.29) is 11.7 Å². The van der Waals surface area contributed by atoms with Gasteiger partial charge in [0.05, 0.1) is 23.2 Å². The number of rotatable bonds is 7. The minimum atomic E-state index is -0.884. The van der Waals surface area contributed by atoms with Gasteiger partial charge in [-0.1, -0.05) is 6.07 Å². The molecule has 8 heteroatoms. The molecule has 3 aromatic rings. The lowest BCUT2D eigenvalue weighted by molar-refractivity contribution is -0.152. The number of aliphatic hydroxyl groups is 1. The van der Waals surface area contributed by atoms with E-state index in [9.17, 15) is 14.7 Å². The normalized spacial score (nSPS) is 13.6. The number of carbonyl (C=O) groups excluding carboxylic acids is 1. The quantitative estimate of drug-likeness (QED) is 0.512. The Kier molecular flexibility index (Phi) is 6.38. The number of aryl methyl sites for hydroxylation is 2. The van der Waals surface area contributed by atoms with Gasteiger partial charge in [0.25, 0.3) is 5.56 Å². The van der Waals surface area contributed by atoms with Crippen LogP contribution in [0.25, 0.3) is 22.4 Å². The van der Waals surface area contributed by atoms with Crippen LogP contribution in [0.4, 0.5) is 0 Å². The van der Waals surface area contributed by atoms with E-state index in [0.717, 1.165) is 28.0 Å². The monoisotopic (exact) mass is 412 g/mol. The number of ether oxygens (including phenoxy) is 1. The van der Waals surface area contributed by atoms with Gasteiger partial charge in [-0.25, -0.2) is 4.98 Å². The summed E-state index contributed by atoms with van der Waals surface area (Å²) in [6.45, 7) is 7.24. The first-order chi connectivity index (χ1) is 14.2. The van der Waals surface area contributed by atoms with Crippen molar-refractivity contribution in [3.05, 3.63) is 51.9 Å². The topological polar surface area (TPSA) is 109 Å². The molecule has 3 rings (SSSR count). The number of aromatic amines is 1. The Balaban J connectivity index is 1.84. The summed E-state index contributed by atoms with van der Waals surface area (Å²) in [5.41, 5.74) is 4.01. The first kappa shape index (κ1) is 21.7. The van der Waals surface area contributed by atoms with Crippen LogP contribution in [0.1, 0.15) is 31.9 Å². The molecule has 0 bridgehead atoms. The molecule has 0 aliphatic heterocycles. The van der Waals surface area contributed by atoms with Crippen LogP contribution in [-0.2, 0) is 23.1 Å². The van der Waals surface area contributed by atoms with E-state index in [1.54, 1.807) is 33.9 Å². The molecule has 0 radical (unpaired) electrons. The third-order valence-corrected chi connectivity index (χ3v) is 4.91. The number of aromatic nitrogens is 3. The molecule has 2 heterocycles. The smallest absolute Gasteiger partial charge is 0.326 e. The number of hydrogen-bond donors (Lipinski definition) is 3. The van der Waals surface area contributed by atoms with Crippen molar-refractivity contribution in [1.82, 2.24) is 19.9 Å². The van der Waals surface area contributed by atoms with Crippen LogP contribution in [0.5, 0.6) is 0 Å². The van der Waals surface area contributed by atoms with Crippen LogP contribution in [0, 0.1) is 6.92 Å². The highest BCUT2D eigenvalue weighted by Gasteiger charge is 2.25. The van der Waals surface area contributed by atoms with E-state index in [4.69, 9.17) is 9.72 Å². The molecule has 0 saturated carbocycles. The number of carbonyl (C=O) groups is 1. The maximum absolute atomic E-state index is 12.2. The average molecular weight is 412 g/mol. The van der Waals surface area contributed by atoms with E-state index in [0.29, 0.717) is 12.1 Å². The first-order valence-corrected chi connectivity index (χ1v) is 9.94. The second-order valence-electron chi connectivity index (χ2n) is 7.80. The number of aliphatic hydroxyl groups excluding tert-OH is 1. The first-order valence-electron chi connectivity index (χ1n) is 9.94. The number of imidazole rings is 1. The molecule has 0 unspecified atom stereocenters. The summed E-state index contributed by atoms with van der Waals surface area (Å²) in [6.07, 6.45) is 0.525. The second-order valence-corrected chi connectivity index (χ2v) is 7.80. The average Bonchev–Trinajstić information content (AvgIpc) is 2.99. The lowest BCUT2D eigenvalue weighted by Gasteiger charge is -2.21. The Bertz CT molecular complexity index is 1110. The van der Waals surface area contributed by atoms with Gasteiger partial charge in [0.2, 0.25) is 0 Å². The summed E-state index contributed by atoms with van der Waals surface area (Å²) in [5, 5.41) is 13.0. The van der Waals surface area contributed by atoms with Gasteiger partial charge in [0.1, 0.15) is 11.9 Å². The minimum Gasteiger partial charge on any atom is -0.462 e. The summed E-state index contributed by atoms with van der Waals surface area (Å²) < 4.78 is 7.19. The number of H-pyrrole nitrogens is 1. The Morgan fingerprint density at radius 2 is 2.03 bits per heavy atom.